The Balaban J connectivity index is 1.32. The number of aromatic amines is 1. The van der Waals surface area contributed by atoms with Crippen molar-refractivity contribution in [3.8, 4) is 11.8 Å². The lowest BCUT2D eigenvalue weighted by Crippen LogP contribution is -2.42. The summed E-state index contributed by atoms with van der Waals surface area (Å²) >= 11 is 6.01. The summed E-state index contributed by atoms with van der Waals surface area (Å²) in [5.41, 5.74) is 1.78. The monoisotopic (exact) mass is 493 g/mol. The molecule has 2 aromatic carbocycles. The Hall–Kier alpha value is -4.71. The molecule has 35 heavy (non-hydrogen) atoms. The summed E-state index contributed by atoms with van der Waals surface area (Å²) < 4.78 is 19.7. The summed E-state index contributed by atoms with van der Waals surface area (Å²) in [6.07, 6.45) is 4.36. The van der Waals surface area contributed by atoms with Crippen LogP contribution < -0.4 is 19.7 Å². The summed E-state index contributed by atoms with van der Waals surface area (Å²) in [5, 5.41) is 9.25. The number of halogens is 2. The molecule has 0 bridgehead atoms. The van der Waals surface area contributed by atoms with Gasteiger partial charge in [-0.25, -0.2) is 14.4 Å². The van der Waals surface area contributed by atoms with Gasteiger partial charge in [-0.2, -0.15) is 4.98 Å². The lowest BCUT2D eigenvalue weighted by molar-refractivity contribution is -0.901. The number of fused-ring (bicyclic) bond motifs is 1. The zero-order valence-corrected chi connectivity index (χ0v) is 18.5. The van der Waals surface area contributed by atoms with Crippen LogP contribution in [0.5, 0.6) is 11.8 Å². The van der Waals surface area contributed by atoms with E-state index in [0.717, 1.165) is 0 Å². The second kappa shape index (κ2) is 9.65. The van der Waals surface area contributed by atoms with Crippen LogP contribution in [0, 0.1) is 5.82 Å². The van der Waals surface area contributed by atoms with Gasteiger partial charge < -0.3 is 10.1 Å². The Bertz CT molecular complexity index is 1520. The predicted octanol–water partition coefficient (Wildman–Crippen LogP) is 2.90. The molecule has 0 atom stereocenters. The number of carbonyl (C=O) groups is 1. The van der Waals surface area contributed by atoms with Gasteiger partial charge in [-0.1, -0.05) is 12.1 Å². The van der Waals surface area contributed by atoms with Gasteiger partial charge in [0.15, 0.2) is 0 Å². The van der Waals surface area contributed by atoms with Crippen molar-refractivity contribution in [2.45, 2.75) is 6.61 Å². The third kappa shape index (κ3) is 5.12. The van der Waals surface area contributed by atoms with Crippen LogP contribution in [-0.4, -0.2) is 36.2 Å². The van der Waals surface area contributed by atoms with Gasteiger partial charge in [0.25, 0.3) is 17.3 Å². The van der Waals surface area contributed by atoms with Crippen LogP contribution in [0.25, 0.3) is 11.0 Å². The van der Waals surface area contributed by atoms with Gasteiger partial charge in [0.2, 0.25) is 16.7 Å². The minimum absolute atomic E-state index is 0.00622. The van der Waals surface area contributed by atoms with Crippen molar-refractivity contribution in [3.63, 3.8) is 0 Å². The SMILES string of the molecule is O=C(Nc1ccc(F)c(COc2cnccn2)c1)c1cc(O[n+]2[nH]nc3ccccc32)nc(Cl)n1. The van der Waals surface area contributed by atoms with Crippen molar-refractivity contribution in [2.24, 2.45) is 0 Å². The fourth-order valence-electron chi connectivity index (χ4n) is 3.08. The molecule has 3 heterocycles. The number of rotatable bonds is 7. The van der Waals surface area contributed by atoms with Crippen LogP contribution in [-0.2, 0) is 6.61 Å². The van der Waals surface area contributed by atoms with E-state index in [4.69, 9.17) is 21.2 Å². The number of amides is 1. The zero-order chi connectivity index (χ0) is 24.2. The van der Waals surface area contributed by atoms with Gasteiger partial charge in [0.1, 0.15) is 18.1 Å². The number of para-hydroxylation sites is 2. The second-order valence-electron chi connectivity index (χ2n) is 7.04. The maximum absolute atomic E-state index is 14.2. The van der Waals surface area contributed by atoms with Gasteiger partial charge in [-0.05, 0) is 47.1 Å². The number of H-pyrrole nitrogens is 1. The summed E-state index contributed by atoms with van der Waals surface area (Å²) in [6, 6.07) is 12.6. The Kier molecular flexibility index (Phi) is 6.09. The quantitative estimate of drug-likeness (QED) is 0.261. The third-order valence-corrected chi connectivity index (χ3v) is 4.84. The maximum atomic E-state index is 14.2. The number of hydrogen-bond acceptors (Lipinski definition) is 8. The van der Waals surface area contributed by atoms with E-state index >= 15 is 0 Å². The van der Waals surface area contributed by atoms with Crippen LogP contribution in [0.2, 0.25) is 5.28 Å². The highest BCUT2D eigenvalue weighted by Crippen LogP contribution is 2.19. The molecule has 0 spiro atoms. The molecule has 5 rings (SSSR count). The fourth-order valence-corrected chi connectivity index (χ4v) is 3.25. The molecule has 0 aliphatic rings. The number of hydrogen-bond donors (Lipinski definition) is 2. The third-order valence-electron chi connectivity index (χ3n) is 4.67. The van der Waals surface area contributed by atoms with Crippen molar-refractivity contribution in [3.05, 3.63) is 89.5 Å². The molecular formula is C22H15ClFN8O3+. The molecular weight excluding hydrogens is 479 g/mol. The van der Waals surface area contributed by atoms with Crippen LogP contribution in [0.4, 0.5) is 10.1 Å². The maximum Gasteiger partial charge on any atom is 0.280 e. The van der Waals surface area contributed by atoms with Gasteiger partial charge in [-0.15, -0.1) is 0 Å². The van der Waals surface area contributed by atoms with E-state index in [-0.39, 0.29) is 34.9 Å². The number of nitrogens with zero attached hydrogens (tertiary/aromatic N) is 6. The molecule has 0 radical (unpaired) electrons. The highest BCUT2D eigenvalue weighted by molar-refractivity contribution is 6.28. The molecule has 5 aromatic rings. The van der Waals surface area contributed by atoms with Crippen molar-refractivity contribution in [2.75, 3.05) is 5.32 Å². The molecule has 0 fully saturated rings. The number of ether oxygens (including phenoxy) is 1. The second-order valence-corrected chi connectivity index (χ2v) is 7.38. The largest absolute Gasteiger partial charge is 0.472 e. The summed E-state index contributed by atoms with van der Waals surface area (Å²) in [7, 11) is 0. The summed E-state index contributed by atoms with van der Waals surface area (Å²) in [6.45, 7) is -0.110. The number of aromatic nitrogens is 7. The van der Waals surface area contributed by atoms with E-state index in [9.17, 15) is 9.18 Å². The molecule has 3 aromatic heterocycles. The average Bonchev–Trinajstić information content (AvgIpc) is 3.27. The smallest absolute Gasteiger partial charge is 0.280 e. The normalized spacial score (nSPS) is 10.8. The highest BCUT2D eigenvalue weighted by Gasteiger charge is 2.18. The summed E-state index contributed by atoms with van der Waals surface area (Å²) in [4.78, 5) is 35.6. The van der Waals surface area contributed by atoms with E-state index in [0.29, 0.717) is 16.7 Å². The summed E-state index contributed by atoms with van der Waals surface area (Å²) in [5.74, 6) is -0.860. The Morgan fingerprint density at radius 2 is 2.00 bits per heavy atom. The predicted molar refractivity (Wildman–Crippen MR) is 120 cm³/mol. The number of benzene rings is 2. The van der Waals surface area contributed by atoms with E-state index in [1.165, 1.54) is 47.7 Å². The lowest BCUT2D eigenvalue weighted by Gasteiger charge is -2.10. The minimum Gasteiger partial charge on any atom is -0.472 e. The number of carbonyl (C=O) groups excluding carboxylic acids is 1. The van der Waals surface area contributed by atoms with E-state index in [2.05, 4.69) is 35.6 Å². The average molecular weight is 494 g/mol. The zero-order valence-electron chi connectivity index (χ0n) is 17.7. The first-order valence-corrected chi connectivity index (χ1v) is 10.5. The lowest BCUT2D eigenvalue weighted by atomic mass is 10.2. The topological polar surface area (TPSA) is 132 Å². The van der Waals surface area contributed by atoms with Crippen molar-refractivity contribution in [1.82, 2.24) is 30.2 Å². The molecule has 0 unspecified atom stereocenters. The van der Waals surface area contributed by atoms with Crippen LogP contribution in [0.3, 0.4) is 0 Å². The van der Waals surface area contributed by atoms with Gasteiger partial charge in [0, 0.05) is 39.7 Å². The molecule has 1 amide bonds. The van der Waals surface area contributed by atoms with Crippen molar-refractivity contribution < 1.29 is 23.6 Å². The van der Waals surface area contributed by atoms with Crippen LogP contribution >= 0.6 is 11.6 Å². The molecule has 0 aliphatic carbocycles. The van der Waals surface area contributed by atoms with Gasteiger partial charge >= 0.3 is 0 Å². The Morgan fingerprint density at radius 3 is 2.86 bits per heavy atom. The number of anilines is 1. The molecule has 11 nitrogen and oxygen atoms in total. The van der Waals surface area contributed by atoms with E-state index in [1.807, 2.05) is 12.1 Å². The van der Waals surface area contributed by atoms with Crippen molar-refractivity contribution in [1.29, 1.82) is 0 Å². The van der Waals surface area contributed by atoms with Crippen LogP contribution in [0.1, 0.15) is 16.1 Å². The Labute approximate surface area is 201 Å². The molecule has 13 heteroatoms. The Morgan fingerprint density at radius 1 is 1.11 bits per heavy atom. The van der Waals surface area contributed by atoms with Crippen LogP contribution in [0.15, 0.2) is 67.1 Å². The first-order valence-electron chi connectivity index (χ1n) is 10.1. The number of nitrogens with one attached hydrogen (secondary N) is 2. The molecule has 0 aliphatic heterocycles. The van der Waals surface area contributed by atoms with Crippen molar-refractivity contribution >= 4 is 34.2 Å². The fraction of sp³-hybridized carbons (Fsp3) is 0.0455. The molecule has 174 valence electrons. The standard InChI is InChI=1S/C22H14ClFN8O3/c23-22-28-17(10-19(29-22)35-32-18-4-2-1-3-16(18)30-31-32)21(33)27-14-5-6-15(24)13(9-14)12-34-20-11-25-7-8-26-20/h1-11H,12H2,(H,27,33)/p+1. The molecule has 0 saturated heterocycles. The molecule has 2 N–H and O–H groups in total. The highest BCUT2D eigenvalue weighted by atomic mass is 35.5. The first kappa shape index (κ1) is 22.1. The first-order chi connectivity index (χ1) is 17.0. The van der Waals surface area contributed by atoms with E-state index < -0.39 is 11.7 Å². The van der Waals surface area contributed by atoms with Gasteiger partial charge in [0.05, 0.1) is 6.20 Å². The van der Waals surface area contributed by atoms with Gasteiger partial charge in [-0.3, -0.25) is 14.6 Å². The van der Waals surface area contributed by atoms with E-state index in [1.54, 1.807) is 12.1 Å². The minimum atomic E-state index is -0.606. The molecule has 0 saturated carbocycles.